The number of rotatable bonds is 88. The van der Waals surface area contributed by atoms with E-state index < -0.39 is 42.1 Å². The van der Waals surface area contributed by atoms with Gasteiger partial charge in [-0.3, -0.25) is 0 Å². The van der Waals surface area contributed by atoms with Gasteiger partial charge in [0.05, 0.1) is 340 Å². The molecule has 2 saturated heterocycles. The van der Waals surface area contributed by atoms with Crippen molar-refractivity contribution in [2.75, 3.05) is 372 Å². The van der Waals surface area contributed by atoms with Gasteiger partial charge in [0.25, 0.3) is 0 Å². The molecule has 0 N–H and O–H groups in total. The largest absolute Gasteiger partial charge is 0.494 e. The molecule has 0 saturated carbocycles. The van der Waals surface area contributed by atoms with E-state index in [1.54, 1.807) is 28.4 Å². The van der Waals surface area contributed by atoms with Gasteiger partial charge in [0.2, 0.25) is 0 Å². The molecule has 36 heteroatoms. The Morgan fingerprint density at radius 3 is 0.527 bits per heavy atom. The third-order valence-electron chi connectivity index (χ3n) is 21.8. The Labute approximate surface area is 779 Å². The van der Waals surface area contributed by atoms with E-state index in [1.165, 1.54) is 0 Å². The minimum atomic E-state index is -0.868. The molecule has 4 aromatic rings. The van der Waals surface area contributed by atoms with Gasteiger partial charge in [-0.05, 0) is 137 Å². The van der Waals surface area contributed by atoms with Crippen LogP contribution in [0.2, 0.25) is 0 Å². The molecule has 131 heavy (non-hydrogen) atoms. The monoisotopic (exact) mass is 1860 g/mol. The zero-order valence-electron chi connectivity index (χ0n) is 80.6. The molecule has 0 spiro atoms. The van der Waals surface area contributed by atoms with Crippen molar-refractivity contribution in [1.29, 1.82) is 0 Å². The van der Waals surface area contributed by atoms with Crippen molar-refractivity contribution < 1.29 is 161 Å². The third kappa shape index (κ3) is 45.9. The molecule has 3 aliphatic rings. The quantitative estimate of drug-likeness (QED) is 0.0305. The summed E-state index contributed by atoms with van der Waals surface area (Å²) >= 11 is 0. The van der Waals surface area contributed by atoms with Crippen LogP contribution in [0, 0.1) is 0 Å². The van der Waals surface area contributed by atoms with Gasteiger partial charge in [0, 0.05) is 46.0 Å². The van der Waals surface area contributed by atoms with Crippen molar-refractivity contribution in [3.8, 4) is 34.1 Å². The summed E-state index contributed by atoms with van der Waals surface area (Å²) in [5.41, 5.74) is 4.54. The average Bonchev–Trinajstić information content (AvgIpc) is 1.55. The van der Waals surface area contributed by atoms with E-state index in [0.29, 0.717) is 353 Å². The molecule has 0 bridgehead atoms. The Kier molecular flexibility index (Phi) is 59.5. The van der Waals surface area contributed by atoms with Gasteiger partial charge < -0.3 is 161 Å². The van der Waals surface area contributed by atoms with E-state index in [9.17, 15) is 0 Å². The van der Waals surface area contributed by atoms with Crippen molar-refractivity contribution in [3.05, 3.63) is 95.1 Å². The highest BCUT2D eigenvalue weighted by Gasteiger charge is 2.55. The number of ether oxygens (including phenoxy) is 30. The Bertz CT molecular complexity index is 3260. The maximum absolute atomic E-state index is 6.85. The molecule has 2 heterocycles. The van der Waals surface area contributed by atoms with Gasteiger partial charge in [-0.1, -0.05) is 36.4 Å². The molecule has 0 amide bonds. The summed E-state index contributed by atoms with van der Waals surface area (Å²) in [6.07, 6.45) is 0.873. The number of methoxy groups -OCH3 is 4. The Morgan fingerprint density at radius 2 is 0.359 bits per heavy atom. The van der Waals surface area contributed by atoms with Crippen LogP contribution in [-0.4, -0.2) is 409 Å². The van der Waals surface area contributed by atoms with Crippen molar-refractivity contribution in [1.82, 2.24) is 0 Å². The maximum atomic E-state index is 6.85. The van der Waals surface area contributed by atoms with Crippen LogP contribution in [0.25, 0.3) is 11.1 Å². The molecule has 0 unspecified atom stereocenters. The summed E-state index contributed by atoms with van der Waals surface area (Å²) in [5.74, 6) is 2.39. The summed E-state index contributed by atoms with van der Waals surface area (Å²) < 4.78 is 199. The second-order valence-electron chi connectivity index (χ2n) is 32.7. The first-order valence-corrected chi connectivity index (χ1v) is 46.4. The van der Waals surface area contributed by atoms with E-state index in [-0.39, 0.29) is 26.4 Å². The lowest BCUT2D eigenvalue weighted by atomic mass is 9.66. The van der Waals surface area contributed by atoms with E-state index in [2.05, 4.69) is 116 Å². The second-order valence-corrected chi connectivity index (χ2v) is 32.7. The molecular weight excluding hydrogens is 1710 g/mol. The third-order valence-corrected chi connectivity index (χ3v) is 21.8. The van der Waals surface area contributed by atoms with Crippen LogP contribution in [0.4, 0.5) is 0 Å². The molecule has 0 atom stereocenters. The highest BCUT2D eigenvalue weighted by molar-refractivity contribution is 6.62. The van der Waals surface area contributed by atoms with Crippen molar-refractivity contribution in [2.45, 2.75) is 96.1 Å². The first-order valence-electron chi connectivity index (χ1n) is 46.4. The molecule has 7 rings (SSSR count). The molecule has 2 aliphatic heterocycles. The van der Waals surface area contributed by atoms with Crippen LogP contribution in [0.1, 0.15) is 77.6 Å². The fourth-order valence-corrected chi connectivity index (χ4v) is 13.5. The molecule has 0 radical (unpaired) electrons. The van der Waals surface area contributed by atoms with Crippen LogP contribution in [0.5, 0.6) is 23.0 Å². The van der Waals surface area contributed by atoms with Gasteiger partial charge in [0.15, 0.2) is 0 Å². The Hall–Kier alpha value is -4.99. The molecular formula is C95H156B2O34. The first-order chi connectivity index (χ1) is 63.9. The standard InChI is InChI=1S/C95H156B2O34/c1-91(2)92(3,4)129-96(128-91)81-13-15-87-88-16-14-82(97-130-93(5,6)94(7,8)131-97)74-90(88)95(89(87)73-81,77-79-69-83(124-65-61-104-23-19-100-11)75-85(71-79)126-67-63-122-59-57-120-55-53-118-51-49-116-47-45-114-43-41-112-39-37-110-35-33-108-31-29-106-27-25-102-21-17-98-9)78-80-70-84(125-66-62-105-24-20-101-12)76-86(72-80)127-68-64-123-60-58-121-56-54-119-52-50-117-48-46-115-44-42-113-40-38-111-36-34-109-32-30-107-28-26-103-22-18-99-10/h13-16,69-76H,17-68,77-78H2,1-12H3. The minimum absolute atomic E-state index is 0.245. The van der Waals surface area contributed by atoms with Gasteiger partial charge >= 0.3 is 14.2 Å². The SMILES string of the molecule is COCCOCCOCCOCCOCCOCCOCCOCCOCCOCCOCCOc1cc(CC2(Cc3cc(OCCOCCOC)cc(OCCOCCOCCOCCOCCOCCOCCOCCOCCOCCOCCOC)c3)c3cc(B4OC(C)(C)C(C)(C)O4)ccc3-c3ccc(B4OC(C)(C)C(C)(C)O4)cc32)cc(OCCOCCOC)c1. The normalized spacial score (nSPS) is 15.2. The lowest BCUT2D eigenvalue weighted by molar-refractivity contribution is -0.0273. The zero-order valence-corrected chi connectivity index (χ0v) is 80.6. The fourth-order valence-electron chi connectivity index (χ4n) is 13.5. The Balaban J connectivity index is 0.929. The van der Waals surface area contributed by atoms with Crippen LogP contribution in [-0.2, 0) is 160 Å². The lowest BCUT2D eigenvalue weighted by Gasteiger charge is -2.34. The smallest absolute Gasteiger partial charge is 0.491 e. The molecule has 0 aromatic heterocycles. The summed E-state index contributed by atoms with van der Waals surface area (Å²) in [6.45, 7) is 39.3. The number of benzene rings is 4. The predicted octanol–water partition coefficient (Wildman–Crippen LogP) is 7.50. The predicted molar refractivity (Wildman–Crippen MR) is 492 cm³/mol. The van der Waals surface area contributed by atoms with E-state index in [4.69, 9.17) is 161 Å². The summed E-state index contributed by atoms with van der Waals surface area (Å²) in [5, 5.41) is 0. The molecule has 746 valence electrons. The average molecular weight is 1860 g/mol. The first kappa shape index (κ1) is 113. The topological polar surface area (TPSA) is 314 Å². The number of hydrogen-bond donors (Lipinski definition) is 0. The minimum Gasteiger partial charge on any atom is -0.491 e. The van der Waals surface area contributed by atoms with Crippen molar-refractivity contribution in [2.24, 2.45) is 0 Å². The number of fused-ring (bicyclic) bond motifs is 3. The van der Waals surface area contributed by atoms with Crippen molar-refractivity contribution >= 4 is 25.2 Å². The van der Waals surface area contributed by atoms with Gasteiger partial charge in [-0.2, -0.15) is 0 Å². The van der Waals surface area contributed by atoms with Gasteiger partial charge in [-0.15, -0.1) is 0 Å². The van der Waals surface area contributed by atoms with Gasteiger partial charge in [-0.25, -0.2) is 0 Å². The van der Waals surface area contributed by atoms with Crippen molar-refractivity contribution in [3.63, 3.8) is 0 Å². The van der Waals surface area contributed by atoms with Gasteiger partial charge in [0.1, 0.15) is 49.4 Å². The van der Waals surface area contributed by atoms with Crippen LogP contribution >= 0.6 is 0 Å². The highest BCUT2D eigenvalue weighted by atomic mass is 16.7. The zero-order chi connectivity index (χ0) is 93.3. The van der Waals surface area contributed by atoms with Crippen LogP contribution < -0.4 is 29.9 Å². The molecule has 4 aromatic carbocycles. The van der Waals surface area contributed by atoms with E-state index in [1.807, 2.05) is 12.1 Å². The highest BCUT2D eigenvalue weighted by Crippen LogP contribution is 2.53. The second kappa shape index (κ2) is 68.9. The summed E-state index contributed by atoms with van der Waals surface area (Å²) in [7, 11) is 5.24. The van der Waals surface area contributed by atoms with E-state index in [0.717, 1.165) is 44.3 Å². The fraction of sp³-hybridized carbons (Fsp3) is 0.747. The summed E-state index contributed by atoms with van der Waals surface area (Å²) in [6, 6.07) is 25.4. The number of hydrogen-bond acceptors (Lipinski definition) is 34. The maximum Gasteiger partial charge on any atom is 0.494 e. The lowest BCUT2D eigenvalue weighted by Crippen LogP contribution is -2.41. The molecule has 34 nitrogen and oxygen atoms in total. The summed E-state index contributed by atoms with van der Waals surface area (Å²) in [4.78, 5) is 0. The van der Waals surface area contributed by atoms with Crippen LogP contribution in [0.15, 0.2) is 72.8 Å². The Morgan fingerprint density at radius 1 is 0.198 bits per heavy atom. The molecule has 1 aliphatic carbocycles. The van der Waals surface area contributed by atoms with Crippen LogP contribution in [0.3, 0.4) is 0 Å². The van der Waals surface area contributed by atoms with E-state index >= 15 is 0 Å². The molecule has 2 fully saturated rings.